The number of aromatic nitrogens is 3. The van der Waals surface area contributed by atoms with Crippen molar-refractivity contribution in [2.24, 2.45) is 0 Å². The minimum atomic E-state index is -3.20. The molecule has 0 saturated carbocycles. The van der Waals surface area contributed by atoms with Crippen LogP contribution in [-0.2, 0) is 21.2 Å². The molecule has 0 aliphatic heterocycles. The van der Waals surface area contributed by atoms with Gasteiger partial charge in [0.25, 0.3) is 0 Å². The minimum Gasteiger partial charge on any atom is -0.496 e. The Morgan fingerprint density at radius 3 is 2.61 bits per heavy atom. The zero-order valence-corrected chi connectivity index (χ0v) is 28.2. The van der Waals surface area contributed by atoms with Gasteiger partial charge in [0.1, 0.15) is 47.2 Å². The number of nitrogens with zero attached hydrogens (tertiary/aromatic N) is 3. The molecule has 0 bridgehead atoms. The van der Waals surface area contributed by atoms with E-state index in [1.165, 1.54) is 29.8 Å². The summed E-state index contributed by atoms with van der Waals surface area (Å²) in [5.41, 5.74) is 3.47. The van der Waals surface area contributed by atoms with Crippen LogP contribution in [-0.4, -0.2) is 48.1 Å². The lowest BCUT2D eigenvalue weighted by Gasteiger charge is -2.15. The van der Waals surface area contributed by atoms with Crippen LogP contribution in [0.2, 0.25) is 5.02 Å². The number of rotatable bonds is 14. The molecule has 1 unspecified atom stereocenters. The van der Waals surface area contributed by atoms with Crippen LogP contribution in [0, 0.1) is 5.82 Å². The first-order valence-electron chi connectivity index (χ1n) is 14.6. The second-order valence-corrected chi connectivity index (χ2v) is 14.7. The third-order valence-electron chi connectivity index (χ3n) is 7.28. The molecule has 2 heterocycles. The molecule has 13 heteroatoms. The van der Waals surface area contributed by atoms with Crippen molar-refractivity contribution >= 4 is 55.2 Å². The van der Waals surface area contributed by atoms with Crippen molar-refractivity contribution in [1.29, 1.82) is 0 Å². The lowest BCUT2D eigenvalue weighted by molar-refractivity contribution is 0.0609. The molecular formula is C33H34ClFN4O5S2. The number of hydrogen-bond donors (Lipinski definition) is 1. The van der Waals surface area contributed by atoms with Crippen LogP contribution in [0.4, 0.5) is 15.9 Å². The Balaban J connectivity index is 1.36. The predicted octanol–water partition coefficient (Wildman–Crippen LogP) is 8.17. The highest BCUT2D eigenvalue weighted by Crippen LogP contribution is 2.38. The van der Waals surface area contributed by atoms with E-state index < -0.39 is 15.1 Å². The first-order valence-corrected chi connectivity index (χ1v) is 17.6. The second kappa shape index (κ2) is 14.7. The number of nitrogens with one attached hydrogen (secondary N) is 1. The smallest absolute Gasteiger partial charge is 0.154 e. The maximum atomic E-state index is 13.5. The predicted molar refractivity (Wildman–Crippen MR) is 181 cm³/mol. The van der Waals surface area contributed by atoms with Gasteiger partial charge in [0, 0.05) is 28.1 Å². The van der Waals surface area contributed by atoms with Gasteiger partial charge in [-0.15, -0.1) is 11.3 Å². The Labute approximate surface area is 276 Å². The zero-order chi connectivity index (χ0) is 32.8. The summed E-state index contributed by atoms with van der Waals surface area (Å²) >= 11 is 7.97. The Hall–Kier alpha value is -3.84. The fourth-order valence-corrected chi connectivity index (χ4v) is 6.62. The summed E-state index contributed by atoms with van der Waals surface area (Å²) in [6.07, 6.45) is 1.77. The van der Waals surface area contributed by atoms with E-state index in [0.717, 1.165) is 16.0 Å². The van der Waals surface area contributed by atoms with Crippen LogP contribution in [0.25, 0.3) is 22.2 Å². The van der Waals surface area contributed by atoms with Gasteiger partial charge >= 0.3 is 0 Å². The van der Waals surface area contributed by atoms with Gasteiger partial charge < -0.3 is 19.5 Å². The van der Waals surface area contributed by atoms with Crippen molar-refractivity contribution < 1.29 is 27.0 Å². The summed E-state index contributed by atoms with van der Waals surface area (Å²) in [6, 6.07) is 15.2. The number of thiazole rings is 1. The molecule has 1 N–H and O–H groups in total. The number of fused-ring (bicyclic) bond motifs is 1. The maximum Gasteiger partial charge on any atom is 0.154 e. The molecule has 0 fully saturated rings. The molecule has 0 aliphatic rings. The van der Waals surface area contributed by atoms with E-state index in [4.69, 9.17) is 30.8 Å². The molecule has 0 aliphatic carbocycles. The van der Waals surface area contributed by atoms with E-state index in [2.05, 4.69) is 15.3 Å². The molecule has 242 valence electrons. The Morgan fingerprint density at radius 1 is 1.07 bits per heavy atom. The summed E-state index contributed by atoms with van der Waals surface area (Å²) in [6.45, 7) is 5.59. The van der Waals surface area contributed by atoms with Crippen molar-refractivity contribution in [3.8, 4) is 22.8 Å². The maximum absolute atomic E-state index is 13.5. The van der Waals surface area contributed by atoms with Crippen LogP contribution in [0.15, 0.2) is 66.3 Å². The number of hydrogen-bond acceptors (Lipinski definition) is 10. The van der Waals surface area contributed by atoms with Gasteiger partial charge in [-0.2, -0.15) is 0 Å². The van der Waals surface area contributed by atoms with Gasteiger partial charge in [-0.25, -0.2) is 27.8 Å². The third-order valence-corrected chi connectivity index (χ3v) is 10.7. The molecular weight excluding hydrogens is 651 g/mol. The first kappa shape index (κ1) is 33.5. The van der Waals surface area contributed by atoms with Gasteiger partial charge in [0.2, 0.25) is 0 Å². The topological polar surface area (TPSA) is 113 Å². The molecule has 0 amide bonds. The number of halogens is 2. The van der Waals surface area contributed by atoms with E-state index in [1.54, 1.807) is 45.2 Å². The van der Waals surface area contributed by atoms with Gasteiger partial charge in [-0.3, -0.25) is 0 Å². The molecule has 5 rings (SSSR count). The molecule has 0 spiro atoms. The molecule has 46 heavy (non-hydrogen) atoms. The molecule has 0 radical (unpaired) electrons. The van der Waals surface area contributed by atoms with E-state index in [-0.39, 0.29) is 30.9 Å². The number of methoxy groups -OCH3 is 1. The number of ether oxygens (including phenoxy) is 3. The van der Waals surface area contributed by atoms with Crippen LogP contribution in [0.5, 0.6) is 11.5 Å². The standard InChI is InChI=1S/C33H34ClFN4O5S2/c1-5-29(43-11-12-46(40,41)20(2)3)33-39-28(18-45-33)24-15-25-27(16-31(24)42-4)36-19-37-32(25)38-23-9-10-30(26(34)14-23)44-17-21-7-6-8-22(35)13-21/h6-10,13-16,18-20,29H,5,11-12,17H2,1-4H3,(H,36,37,38). The first-order chi connectivity index (χ1) is 22.1. The molecule has 0 saturated heterocycles. The van der Waals surface area contributed by atoms with Gasteiger partial charge in [0.15, 0.2) is 9.84 Å². The SMILES string of the molecule is CCC(OCCS(=O)(=O)C(C)C)c1nc(-c2cc3c(Nc4ccc(OCc5cccc(F)c5)c(Cl)c4)ncnc3cc2OC)cs1. The highest BCUT2D eigenvalue weighted by molar-refractivity contribution is 7.92. The fraction of sp³-hybridized carbons (Fsp3) is 0.303. The third kappa shape index (κ3) is 7.92. The van der Waals surface area contributed by atoms with Crippen LogP contribution in [0.1, 0.15) is 43.9 Å². The summed E-state index contributed by atoms with van der Waals surface area (Å²) in [4.78, 5) is 13.8. The second-order valence-electron chi connectivity index (χ2n) is 10.7. The van der Waals surface area contributed by atoms with Crippen LogP contribution in [0.3, 0.4) is 0 Å². The summed E-state index contributed by atoms with van der Waals surface area (Å²) < 4.78 is 55.4. The quantitative estimate of drug-likeness (QED) is 0.124. The van der Waals surface area contributed by atoms with Crippen molar-refractivity contribution in [3.63, 3.8) is 0 Å². The summed E-state index contributed by atoms with van der Waals surface area (Å²) in [5, 5.41) is 6.66. The summed E-state index contributed by atoms with van der Waals surface area (Å²) in [7, 11) is -1.61. The molecule has 9 nitrogen and oxygen atoms in total. The lowest BCUT2D eigenvalue weighted by Crippen LogP contribution is -2.21. The van der Waals surface area contributed by atoms with Gasteiger partial charge in [-0.05, 0) is 62.2 Å². The van der Waals surface area contributed by atoms with Crippen molar-refractivity contribution in [1.82, 2.24) is 15.0 Å². The molecule has 5 aromatic rings. The Bertz CT molecular complexity index is 1940. The molecule has 1 atom stereocenters. The minimum absolute atomic E-state index is 0.0381. The number of sulfone groups is 1. The van der Waals surface area contributed by atoms with E-state index >= 15 is 0 Å². The van der Waals surface area contributed by atoms with Gasteiger partial charge in [0.05, 0.1) is 41.0 Å². The average molecular weight is 685 g/mol. The monoisotopic (exact) mass is 684 g/mol. The van der Waals surface area contributed by atoms with Gasteiger partial charge in [-0.1, -0.05) is 30.7 Å². The number of benzene rings is 3. The highest BCUT2D eigenvalue weighted by Gasteiger charge is 2.21. The Morgan fingerprint density at radius 2 is 1.89 bits per heavy atom. The number of anilines is 2. The van der Waals surface area contributed by atoms with Crippen LogP contribution >= 0.6 is 22.9 Å². The average Bonchev–Trinajstić information content (AvgIpc) is 3.52. The fourth-order valence-electron chi connectivity index (χ4n) is 4.64. The van der Waals surface area contributed by atoms with Crippen molar-refractivity contribution in [2.75, 3.05) is 24.8 Å². The van der Waals surface area contributed by atoms with Crippen LogP contribution < -0.4 is 14.8 Å². The lowest BCUT2D eigenvalue weighted by atomic mass is 10.1. The highest BCUT2D eigenvalue weighted by atomic mass is 35.5. The normalized spacial score (nSPS) is 12.4. The zero-order valence-electron chi connectivity index (χ0n) is 25.8. The van der Waals surface area contributed by atoms with Crippen molar-refractivity contribution in [3.05, 3.63) is 87.7 Å². The Kier molecular flexibility index (Phi) is 10.7. The van der Waals surface area contributed by atoms with E-state index in [9.17, 15) is 12.8 Å². The summed E-state index contributed by atoms with van der Waals surface area (Å²) in [5.74, 6) is 1.24. The molecule has 3 aromatic carbocycles. The van der Waals surface area contributed by atoms with E-state index in [0.29, 0.717) is 51.2 Å². The largest absolute Gasteiger partial charge is 0.496 e. The molecule has 2 aromatic heterocycles. The van der Waals surface area contributed by atoms with Crippen molar-refractivity contribution in [2.45, 2.75) is 45.2 Å². The van der Waals surface area contributed by atoms with E-state index in [1.807, 2.05) is 30.5 Å².